The monoisotopic (exact) mass is 359 g/mol. The third-order valence-electron chi connectivity index (χ3n) is 3.33. The van der Waals surface area contributed by atoms with Crippen molar-refractivity contribution in [3.63, 3.8) is 0 Å². The van der Waals surface area contributed by atoms with Gasteiger partial charge in [-0.2, -0.15) is 11.8 Å². The van der Waals surface area contributed by atoms with Crippen LogP contribution in [0.5, 0.6) is 0 Å². The smallest absolute Gasteiger partial charge is 0.243 e. The van der Waals surface area contributed by atoms with Crippen molar-refractivity contribution in [2.45, 2.75) is 33.2 Å². The van der Waals surface area contributed by atoms with Gasteiger partial charge >= 0.3 is 0 Å². The molecule has 0 bridgehead atoms. The molecule has 5 nitrogen and oxygen atoms in total. The van der Waals surface area contributed by atoms with Crippen molar-refractivity contribution in [2.75, 3.05) is 23.9 Å². The lowest BCUT2D eigenvalue weighted by atomic mass is 10.1. The maximum atomic E-state index is 12.0. The molecule has 7 heteroatoms. The summed E-state index contributed by atoms with van der Waals surface area (Å²) in [4.78, 5) is 23.7. The van der Waals surface area contributed by atoms with Crippen LogP contribution >= 0.6 is 24.2 Å². The Bertz CT molecular complexity index is 529. The molecule has 1 unspecified atom stereocenters. The molecule has 1 aromatic rings. The Morgan fingerprint density at radius 3 is 2.30 bits per heavy atom. The van der Waals surface area contributed by atoms with Crippen molar-refractivity contribution < 1.29 is 9.59 Å². The van der Waals surface area contributed by atoms with Gasteiger partial charge in [-0.05, 0) is 50.3 Å². The minimum absolute atomic E-state index is 0. The summed E-state index contributed by atoms with van der Waals surface area (Å²) in [5.74, 6) is 0.282. The van der Waals surface area contributed by atoms with Crippen molar-refractivity contribution >= 4 is 41.7 Å². The highest BCUT2D eigenvalue weighted by molar-refractivity contribution is 7.98. The molecule has 1 rings (SSSR count). The first-order valence-corrected chi connectivity index (χ1v) is 8.64. The Kier molecular flexibility index (Phi) is 9.95. The van der Waals surface area contributed by atoms with Gasteiger partial charge in [-0.15, -0.1) is 12.4 Å². The number of halogens is 1. The number of nitrogens with two attached hydrogens (primary N) is 1. The number of aryl methyl sites for hydroxylation is 3. The molecule has 0 saturated carbocycles. The van der Waals surface area contributed by atoms with Crippen LogP contribution in [-0.4, -0.2) is 36.4 Å². The summed E-state index contributed by atoms with van der Waals surface area (Å²) < 4.78 is 0. The molecule has 2 amide bonds. The van der Waals surface area contributed by atoms with E-state index in [4.69, 9.17) is 5.73 Å². The van der Waals surface area contributed by atoms with E-state index in [0.717, 1.165) is 28.1 Å². The number of carbonyl (C=O) groups is 2. The molecule has 0 radical (unpaired) electrons. The Morgan fingerprint density at radius 1 is 1.22 bits per heavy atom. The zero-order valence-electron chi connectivity index (χ0n) is 14.1. The molecule has 23 heavy (non-hydrogen) atoms. The van der Waals surface area contributed by atoms with Crippen molar-refractivity contribution in [3.05, 3.63) is 28.8 Å². The molecule has 0 spiro atoms. The summed E-state index contributed by atoms with van der Waals surface area (Å²) in [6.07, 6.45) is 2.56. The first-order valence-electron chi connectivity index (χ1n) is 7.25. The van der Waals surface area contributed by atoms with Gasteiger partial charge in [0.05, 0.1) is 12.6 Å². The van der Waals surface area contributed by atoms with Gasteiger partial charge in [0.25, 0.3) is 0 Å². The number of benzene rings is 1. The van der Waals surface area contributed by atoms with Gasteiger partial charge in [-0.1, -0.05) is 17.7 Å². The third-order valence-corrected chi connectivity index (χ3v) is 3.98. The first kappa shape index (κ1) is 21.8. The highest BCUT2D eigenvalue weighted by atomic mass is 35.5. The van der Waals surface area contributed by atoms with E-state index in [0.29, 0.717) is 6.42 Å². The number of thioether (sulfide) groups is 1. The highest BCUT2D eigenvalue weighted by Crippen LogP contribution is 2.21. The van der Waals surface area contributed by atoms with Crippen molar-refractivity contribution in [1.29, 1.82) is 0 Å². The van der Waals surface area contributed by atoms with Gasteiger partial charge in [0.1, 0.15) is 0 Å². The molecule has 0 saturated heterocycles. The number of hydrogen-bond acceptors (Lipinski definition) is 4. The minimum atomic E-state index is -0.567. The van der Waals surface area contributed by atoms with E-state index < -0.39 is 6.04 Å². The van der Waals surface area contributed by atoms with E-state index in [1.54, 1.807) is 11.8 Å². The lowest BCUT2D eigenvalue weighted by molar-refractivity contribution is -0.125. The number of hydrogen-bond donors (Lipinski definition) is 3. The highest BCUT2D eigenvalue weighted by Gasteiger charge is 2.14. The topological polar surface area (TPSA) is 84.2 Å². The molecular formula is C16H26ClN3O2S. The SMILES string of the molecule is CSCCC(N)C(=O)NCC(=O)Nc1c(C)cc(C)cc1C.Cl. The van der Waals surface area contributed by atoms with Crippen LogP contribution in [0.1, 0.15) is 23.1 Å². The van der Waals surface area contributed by atoms with Crippen LogP contribution in [0.15, 0.2) is 12.1 Å². The van der Waals surface area contributed by atoms with E-state index in [1.807, 2.05) is 39.2 Å². The normalized spacial score (nSPS) is 11.3. The van der Waals surface area contributed by atoms with E-state index in [1.165, 1.54) is 0 Å². The number of amides is 2. The standard InChI is InChI=1S/C16H25N3O2S.ClH/c1-10-7-11(2)15(12(3)8-10)19-14(20)9-18-16(21)13(17)5-6-22-4;/h7-8,13H,5-6,9,17H2,1-4H3,(H,18,21)(H,19,20);1H. The summed E-state index contributed by atoms with van der Waals surface area (Å²) in [6.45, 7) is 5.85. The van der Waals surface area contributed by atoms with Gasteiger partial charge < -0.3 is 16.4 Å². The molecule has 4 N–H and O–H groups in total. The molecule has 1 atom stereocenters. The summed E-state index contributed by atoms with van der Waals surface area (Å²) in [5.41, 5.74) is 9.72. The van der Waals surface area contributed by atoms with Gasteiger partial charge in [-0.3, -0.25) is 9.59 Å². The molecule has 0 fully saturated rings. The van der Waals surface area contributed by atoms with Crippen LogP contribution in [0.2, 0.25) is 0 Å². The van der Waals surface area contributed by atoms with E-state index >= 15 is 0 Å². The van der Waals surface area contributed by atoms with Gasteiger partial charge in [0.15, 0.2) is 0 Å². The molecular weight excluding hydrogens is 334 g/mol. The Labute approximate surface area is 148 Å². The molecule has 0 aliphatic carbocycles. The minimum Gasteiger partial charge on any atom is -0.346 e. The summed E-state index contributed by atoms with van der Waals surface area (Å²) in [5, 5.41) is 5.42. The number of rotatable bonds is 7. The zero-order chi connectivity index (χ0) is 16.7. The predicted molar refractivity (Wildman–Crippen MR) is 101 cm³/mol. The lowest BCUT2D eigenvalue weighted by Crippen LogP contribution is -2.43. The van der Waals surface area contributed by atoms with E-state index in [-0.39, 0.29) is 30.8 Å². The Morgan fingerprint density at radius 2 is 1.78 bits per heavy atom. The van der Waals surface area contributed by atoms with Crippen LogP contribution in [-0.2, 0) is 9.59 Å². The van der Waals surface area contributed by atoms with Crippen molar-refractivity contribution in [1.82, 2.24) is 5.32 Å². The molecule has 1 aromatic carbocycles. The van der Waals surface area contributed by atoms with Crippen LogP contribution in [0.25, 0.3) is 0 Å². The molecule has 130 valence electrons. The molecule has 0 aliphatic heterocycles. The fourth-order valence-electron chi connectivity index (χ4n) is 2.24. The summed E-state index contributed by atoms with van der Waals surface area (Å²) >= 11 is 1.64. The largest absolute Gasteiger partial charge is 0.346 e. The van der Waals surface area contributed by atoms with Crippen LogP contribution < -0.4 is 16.4 Å². The third kappa shape index (κ3) is 7.24. The summed E-state index contributed by atoms with van der Waals surface area (Å²) in [6, 6.07) is 3.46. The zero-order valence-corrected chi connectivity index (χ0v) is 15.7. The van der Waals surface area contributed by atoms with Crippen molar-refractivity contribution in [3.8, 4) is 0 Å². The quantitative estimate of drug-likeness (QED) is 0.696. The average Bonchev–Trinajstić information content (AvgIpc) is 2.45. The van der Waals surface area contributed by atoms with Gasteiger partial charge in [0, 0.05) is 5.69 Å². The van der Waals surface area contributed by atoms with E-state index in [2.05, 4.69) is 10.6 Å². The maximum absolute atomic E-state index is 12.0. The maximum Gasteiger partial charge on any atom is 0.243 e. The number of anilines is 1. The van der Waals surface area contributed by atoms with Gasteiger partial charge in [0.2, 0.25) is 11.8 Å². The second-order valence-electron chi connectivity index (χ2n) is 5.43. The van der Waals surface area contributed by atoms with Gasteiger partial charge in [-0.25, -0.2) is 0 Å². The molecule has 0 heterocycles. The van der Waals surface area contributed by atoms with Crippen molar-refractivity contribution in [2.24, 2.45) is 5.73 Å². The van der Waals surface area contributed by atoms with Crippen LogP contribution in [0, 0.1) is 20.8 Å². The lowest BCUT2D eigenvalue weighted by Gasteiger charge is -2.14. The first-order chi connectivity index (χ1) is 10.3. The predicted octanol–water partition coefficient (Wildman–Crippen LogP) is 2.17. The molecule has 0 aromatic heterocycles. The second-order valence-corrected chi connectivity index (χ2v) is 6.41. The Hall–Kier alpha value is -1.24. The summed E-state index contributed by atoms with van der Waals surface area (Å²) in [7, 11) is 0. The number of carbonyl (C=O) groups excluding carboxylic acids is 2. The van der Waals surface area contributed by atoms with Crippen LogP contribution in [0.3, 0.4) is 0 Å². The fourth-order valence-corrected chi connectivity index (χ4v) is 2.72. The van der Waals surface area contributed by atoms with Crippen LogP contribution in [0.4, 0.5) is 5.69 Å². The molecule has 0 aliphatic rings. The fraction of sp³-hybridized carbons (Fsp3) is 0.500. The second kappa shape index (κ2) is 10.5. The number of nitrogens with one attached hydrogen (secondary N) is 2. The average molecular weight is 360 g/mol. The Balaban J connectivity index is 0.00000484. The van der Waals surface area contributed by atoms with E-state index in [9.17, 15) is 9.59 Å².